The Bertz CT molecular complexity index is 632. The van der Waals surface area contributed by atoms with Gasteiger partial charge in [0.2, 0.25) is 5.91 Å². The molecular weight excluding hydrogens is 300 g/mol. The molecule has 1 atom stereocenters. The van der Waals surface area contributed by atoms with Crippen molar-refractivity contribution in [1.29, 1.82) is 0 Å². The van der Waals surface area contributed by atoms with Crippen LogP contribution in [0.4, 0.5) is 0 Å². The predicted molar refractivity (Wildman–Crippen MR) is 83.4 cm³/mol. The summed E-state index contributed by atoms with van der Waals surface area (Å²) in [6.45, 7) is 1.72. The Morgan fingerprint density at radius 2 is 2.32 bits per heavy atom. The molecule has 0 aliphatic carbocycles. The van der Waals surface area contributed by atoms with E-state index in [1.54, 1.807) is 36.4 Å². The van der Waals surface area contributed by atoms with E-state index in [0.29, 0.717) is 5.92 Å². The molecule has 0 radical (unpaired) electrons. The molecule has 0 bridgehead atoms. The maximum absolute atomic E-state index is 11.9. The number of aromatic nitrogens is 3. The highest BCUT2D eigenvalue weighted by atomic mass is 32.1. The van der Waals surface area contributed by atoms with Gasteiger partial charge in [0.05, 0.1) is 16.1 Å². The molecule has 0 N–H and O–H groups in total. The average molecular weight is 318 g/mol. The molecule has 1 aliphatic rings. The van der Waals surface area contributed by atoms with Gasteiger partial charge in [-0.15, -0.1) is 11.3 Å². The minimum absolute atomic E-state index is 0.0619. The van der Waals surface area contributed by atoms with Gasteiger partial charge < -0.3 is 9.64 Å². The quantitative estimate of drug-likeness (QED) is 0.838. The van der Waals surface area contributed by atoms with Crippen molar-refractivity contribution in [1.82, 2.24) is 19.9 Å². The summed E-state index contributed by atoms with van der Waals surface area (Å²) in [6.07, 6.45) is 7.08. The van der Waals surface area contributed by atoms with Gasteiger partial charge in [-0.25, -0.2) is 0 Å². The van der Waals surface area contributed by atoms with Crippen molar-refractivity contribution in [2.75, 3.05) is 26.8 Å². The third-order valence-electron chi connectivity index (χ3n) is 3.83. The lowest BCUT2D eigenvalue weighted by atomic mass is 10.0. The molecule has 3 heterocycles. The van der Waals surface area contributed by atoms with Crippen LogP contribution in [0.2, 0.25) is 0 Å². The number of amides is 1. The number of hydrogen-bond donors (Lipinski definition) is 0. The van der Waals surface area contributed by atoms with Gasteiger partial charge in [0.25, 0.3) is 0 Å². The predicted octanol–water partition coefficient (Wildman–Crippen LogP) is 1.64. The molecule has 2 aromatic rings. The Balaban J connectivity index is 1.69. The van der Waals surface area contributed by atoms with Crippen molar-refractivity contribution in [2.45, 2.75) is 12.8 Å². The first kappa shape index (κ1) is 15.1. The second kappa shape index (κ2) is 6.93. The van der Waals surface area contributed by atoms with Crippen molar-refractivity contribution < 1.29 is 9.53 Å². The second-order valence-electron chi connectivity index (χ2n) is 5.35. The van der Waals surface area contributed by atoms with Gasteiger partial charge in [0, 0.05) is 38.8 Å². The molecule has 0 aromatic carbocycles. The maximum atomic E-state index is 11.9. The van der Waals surface area contributed by atoms with Gasteiger partial charge in [0.1, 0.15) is 12.3 Å². The number of rotatable bonds is 5. The monoisotopic (exact) mass is 318 g/mol. The summed E-state index contributed by atoms with van der Waals surface area (Å²) in [6, 6.07) is 0. The zero-order chi connectivity index (χ0) is 15.4. The van der Waals surface area contributed by atoms with E-state index in [-0.39, 0.29) is 12.5 Å². The van der Waals surface area contributed by atoms with Crippen LogP contribution in [0.25, 0.3) is 10.6 Å². The van der Waals surface area contributed by atoms with Crippen LogP contribution < -0.4 is 0 Å². The molecular formula is C15H18N4O2S. The fourth-order valence-electron chi connectivity index (χ4n) is 2.77. The SMILES string of the molecule is COCC(=O)N1CC[C@@H](Cc2nccnc2-c2cncs2)C1. The molecule has 0 spiro atoms. The molecule has 22 heavy (non-hydrogen) atoms. The van der Waals surface area contributed by atoms with Crippen LogP contribution in [0, 0.1) is 5.92 Å². The van der Waals surface area contributed by atoms with Gasteiger partial charge in [-0.05, 0) is 18.8 Å². The molecule has 0 unspecified atom stereocenters. The number of carbonyl (C=O) groups excluding carboxylic acids is 1. The van der Waals surface area contributed by atoms with Gasteiger partial charge in [-0.2, -0.15) is 0 Å². The highest BCUT2D eigenvalue weighted by Crippen LogP contribution is 2.27. The van der Waals surface area contributed by atoms with E-state index >= 15 is 0 Å². The number of hydrogen-bond acceptors (Lipinski definition) is 6. The van der Waals surface area contributed by atoms with E-state index in [4.69, 9.17) is 4.74 Å². The van der Waals surface area contributed by atoms with E-state index in [1.807, 2.05) is 11.1 Å². The lowest BCUT2D eigenvalue weighted by Gasteiger charge is -2.16. The molecule has 7 heteroatoms. The summed E-state index contributed by atoms with van der Waals surface area (Å²) in [5.41, 5.74) is 3.69. The first-order valence-electron chi connectivity index (χ1n) is 7.23. The summed E-state index contributed by atoms with van der Waals surface area (Å²) >= 11 is 1.57. The van der Waals surface area contributed by atoms with Crippen LogP contribution in [-0.4, -0.2) is 52.6 Å². The summed E-state index contributed by atoms with van der Waals surface area (Å²) < 4.78 is 4.92. The van der Waals surface area contributed by atoms with E-state index in [0.717, 1.165) is 42.2 Å². The number of carbonyl (C=O) groups is 1. The Kier molecular flexibility index (Phi) is 4.74. The second-order valence-corrected chi connectivity index (χ2v) is 6.24. The molecule has 1 saturated heterocycles. The standard InChI is InChI=1S/C15H18N4O2S/c1-21-9-14(20)19-5-2-11(8-19)6-12-15(18-4-3-17-12)13-7-16-10-22-13/h3-4,7,10-11H,2,5-6,8-9H2,1H3/t11-/m0/s1. The zero-order valence-electron chi connectivity index (χ0n) is 12.4. The van der Waals surface area contributed by atoms with Crippen molar-refractivity contribution in [3.8, 4) is 10.6 Å². The minimum Gasteiger partial charge on any atom is -0.375 e. The van der Waals surface area contributed by atoms with E-state index < -0.39 is 0 Å². The smallest absolute Gasteiger partial charge is 0.248 e. The van der Waals surface area contributed by atoms with Gasteiger partial charge in [0.15, 0.2) is 0 Å². The topological polar surface area (TPSA) is 68.2 Å². The van der Waals surface area contributed by atoms with Gasteiger partial charge in [-0.1, -0.05) is 0 Å². The third kappa shape index (κ3) is 3.31. The Morgan fingerprint density at radius 1 is 1.45 bits per heavy atom. The van der Waals surface area contributed by atoms with Crippen LogP contribution in [0.1, 0.15) is 12.1 Å². The highest BCUT2D eigenvalue weighted by molar-refractivity contribution is 7.13. The molecule has 3 rings (SSSR count). The average Bonchev–Trinajstić information content (AvgIpc) is 3.19. The van der Waals surface area contributed by atoms with Crippen molar-refractivity contribution >= 4 is 17.2 Å². The lowest BCUT2D eigenvalue weighted by molar-refractivity contribution is -0.134. The Hall–Kier alpha value is -1.86. The summed E-state index contributed by atoms with van der Waals surface area (Å²) in [4.78, 5) is 27.8. The largest absolute Gasteiger partial charge is 0.375 e. The molecule has 1 fully saturated rings. The van der Waals surface area contributed by atoms with Crippen LogP contribution in [0.3, 0.4) is 0 Å². The molecule has 2 aromatic heterocycles. The first-order chi connectivity index (χ1) is 10.8. The molecule has 116 valence electrons. The van der Waals surface area contributed by atoms with Crippen molar-refractivity contribution in [2.24, 2.45) is 5.92 Å². The van der Waals surface area contributed by atoms with Crippen molar-refractivity contribution in [3.63, 3.8) is 0 Å². The first-order valence-corrected chi connectivity index (χ1v) is 8.11. The van der Waals surface area contributed by atoms with Gasteiger partial charge in [-0.3, -0.25) is 19.7 Å². The fourth-order valence-corrected chi connectivity index (χ4v) is 3.41. The van der Waals surface area contributed by atoms with Crippen LogP contribution in [0.5, 0.6) is 0 Å². The summed E-state index contributed by atoms with van der Waals surface area (Å²) in [7, 11) is 1.55. The van der Waals surface area contributed by atoms with E-state index in [9.17, 15) is 4.79 Å². The maximum Gasteiger partial charge on any atom is 0.248 e. The Labute approximate surface area is 133 Å². The highest BCUT2D eigenvalue weighted by Gasteiger charge is 2.27. The number of likely N-dealkylation sites (tertiary alicyclic amines) is 1. The number of thiazole rings is 1. The molecule has 1 amide bonds. The Morgan fingerprint density at radius 3 is 3.09 bits per heavy atom. The summed E-state index contributed by atoms with van der Waals surface area (Å²) in [5.74, 6) is 0.482. The molecule has 1 aliphatic heterocycles. The zero-order valence-corrected chi connectivity index (χ0v) is 13.3. The normalized spacial score (nSPS) is 17.9. The van der Waals surface area contributed by atoms with Crippen LogP contribution >= 0.6 is 11.3 Å². The van der Waals surface area contributed by atoms with E-state index in [2.05, 4.69) is 15.0 Å². The minimum atomic E-state index is 0.0619. The van der Waals surface area contributed by atoms with Crippen molar-refractivity contribution in [3.05, 3.63) is 29.8 Å². The molecule has 0 saturated carbocycles. The number of nitrogens with zero attached hydrogens (tertiary/aromatic N) is 4. The fraction of sp³-hybridized carbons (Fsp3) is 0.467. The van der Waals surface area contributed by atoms with Crippen LogP contribution in [0.15, 0.2) is 24.1 Å². The number of ether oxygens (including phenoxy) is 1. The van der Waals surface area contributed by atoms with E-state index in [1.165, 1.54) is 0 Å². The van der Waals surface area contributed by atoms with Gasteiger partial charge >= 0.3 is 0 Å². The third-order valence-corrected chi connectivity index (χ3v) is 4.61. The number of methoxy groups -OCH3 is 1. The molecule has 6 nitrogen and oxygen atoms in total. The lowest BCUT2D eigenvalue weighted by Crippen LogP contribution is -2.31. The summed E-state index contributed by atoms with van der Waals surface area (Å²) in [5, 5.41) is 0. The van der Waals surface area contributed by atoms with Crippen LogP contribution in [-0.2, 0) is 16.0 Å².